The number of ether oxygens (including phenoxy) is 5. The number of likely N-dealkylation sites (N-methyl/N-ethyl adjacent to an activating group) is 1. The van der Waals surface area contributed by atoms with Gasteiger partial charge in [0.1, 0.15) is 40.7 Å². The largest absolute Gasteiger partial charge is 0.495 e. The van der Waals surface area contributed by atoms with Crippen molar-refractivity contribution in [3.8, 4) is 5.75 Å². The third kappa shape index (κ3) is 11.3. The number of aliphatic hydroxyl groups is 1. The fourth-order valence-electron chi connectivity index (χ4n) is 7.25. The summed E-state index contributed by atoms with van der Waals surface area (Å²) >= 11 is 9.87. The van der Waals surface area contributed by atoms with Crippen LogP contribution in [0.25, 0.3) is 0 Å². The van der Waals surface area contributed by atoms with Crippen molar-refractivity contribution in [2.24, 2.45) is 5.92 Å². The number of benzene rings is 1. The second-order valence-electron chi connectivity index (χ2n) is 15.2. The SMILES string of the molecule is COc1cc2cc(c1Cl)N(C)C(=O)C[C@H](OC(=O)[C@H](C)N(C)C(=O)CCCCCNC(=O)CBr)[C@]1(C)O[C@H]1[C@H](C)[C@@H]1C[C@@](O)(NC(=O)O1)[C@H](OC)/C=C/C=C(\C)C2. The predicted octanol–water partition coefficient (Wildman–Crippen LogP) is 4.59. The molecule has 3 N–H and O–H groups in total. The fourth-order valence-corrected chi connectivity index (χ4v) is 7.76. The smallest absolute Gasteiger partial charge is 0.409 e. The van der Waals surface area contributed by atoms with Gasteiger partial charge in [0.2, 0.25) is 17.7 Å². The summed E-state index contributed by atoms with van der Waals surface area (Å²) in [5, 5.41) is 17.5. The lowest BCUT2D eigenvalue weighted by Gasteiger charge is -2.42. The first-order valence-corrected chi connectivity index (χ1v) is 20.6. The highest BCUT2D eigenvalue weighted by Gasteiger charge is 2.64. The lowest BCUT2D eigenvalue weighted by atomic mass is 9.83. The maximum Gasteiger partial charge on any atom is 0.409 e. The van der Waals surface area contributed by atoms with Crippen molar-refractivity contribution < 1.29 is 52.8 Å². The van der Waals surface area contributed by atoms with Crippen molar-refractivity contribution in [2.45, 2.75) is 114 Å². The summed E-state index contributed by atoms with van der Waals surface area (Å²) in [7, 11) is 6.00. The van der Waals surface area contributed by atoms with Gasteiger partial charge in [-0.05, 0) is 57.7 Å². The second-order valence-corrected chi connectivity index (χ2v) is 16.1. The number of esters is 1. The third-order valence-electron chi connectivity index (χ3n) is 11.0. The van der Waals surface area contributed by atoms with Gasteiger partial charge in [-0.25, -0.2) is 9.59 Å². The zero-order chi connectivity index (χ0) is 42.2. The Labute approximate surface area is 347 Å². The van der Waals surface area contributed by atoms with Gasteiger partial charge < -0.3 is 43.9 Å². The van der Waals surface area contributed by atoms with Gasteiger partial charge in [0.25, 0.3) is 0 Å². The second kappa shape index (κ2) is 19.8. The summed E-state index contributed by atoms with van der Waals surface area (Å²) in [6, 6.07) is 2.56. The quantitative estimate of drug-likeness (QED) is 0.116. The summed E-state index contributed by atoms with van der Waals surface area (Å²) in [6.45, 7) is 7.47. The fraction of sp³-hybridized carbons (Fsp3) is 0.625. The molecule has 3 heterocycles. The van der Waals surface area contributed by atoms with Gasteiger partial charge in [0, 0.05) is 46.5 Å². The van der Waals surface area contributed by atoms with Crippen molar-refractivity contribution in [1.82, 2.24) is 15.5 Å². The van der Waals surface area contributed by atoms with E-state index in [4.69, 9.17) is 35.3 Å². The number of amides is 4. The first kappa shape index (κ1) is 46.0. The number of anilines is 1. The first-order chi connectivity index (χ1) is 26.9. The maximum atomic E-state index is 14.2. The van der Waals surface area contributed by atoms with Crippen LogP contribution in [0, 0.1) is 5.92 Å². The minimum atomic E-state index is -1.84. The minimum absolute atomic E-state index is 0.0624. The Balaban J connectivity index is 1.63. The molecule has 8 atom stereocenters. The normalized spacial score (nSPS) is 29.7. The number of alkyl carbamates (subject to hydrolysis) is 1. The van der Waals surface area contributed by atoms with Crippen LogP contribution in [0.4, 0.5) is 10.5 Å². The zero-order valence-corrected chi connectivity index (χ0v) is 36.2. The van der Waals surface area contributed by atoms with Crippen LogP contribution in [0.2, 0.25) is 5.02 Å². The Morgan fingerprint density at radius 1 is 1.21 bits per heavy atom. The van der Waals surface area contributed by atoms with E-state index in [1.54, 1.807) is 52.1 Å². The number of hydrogen-bond donors (Lipinski definition) is 3. The highest BCUT2D eigenvalue weighted by molar-refractivity contribution is 9.09. The minimum Gasteiger partial charge on any atom is -0.495 e. The molecule has 316 valence electrons. The molecule has 4 bridgehead atoms. The molecule has 0 saturated carbocycles. The Kier molecular flexibility index (Phi) is 16.0. The van der Waals surface area contributed by atoms with E-state index in [2.05, 4.69) is 26.6 Å². The van der Waals surface area contributed by atoms with E-state index in [1.807, 2.05) is 13.0 Å². The van der Waals surface area contributed by atoms with Crippen molar-refractivity contribution in [3.05, 3.63) is 46.5 Å². The molecule has 4 amide bonds. The molecule has 2 saturated heterocycles. The van der Waals surface area contributed by atoms with Crippen molar-refractivity contribution in [3.63, 3.8) is 0 Å². The number of fused-ring (bicyclic) bond motifs is 5. The standard InChI is InChI=1S/C40H56BrClN4O11/c1-23-13-12-14-30(54-8)40(52)21-29(55-38(51)44-40)24(2)36-39(4,57-36)31(20-34(49)46(6)27-18-26(17-23)19-28(53-7)35(27)42)56-37(50)25(3)45(5)33(48)15-10-9-11-16-43-32(47)22-41/h12-14,18-19,24-25,29-31,36,52H,9-11,15-17,20-22H2,1-8H3,(H,43,47)(H,44,51)/b14-12+,23-13+/t24-,25+,29+,30-,31+,36+,39+,40+/m1/s1. The Hall–Kier alpha value is -3.70. The highest BCUT2D eigenvalue weighted by Crippen LogP contribution is 2.49. The zero-order valence-electron chi connectivity index (χ0n) is 33.9. The summed E-state index contributed by atoms with van der Waals surface area (Å²) < 4.78 is 29.3. The van der Waals surface area contributed by atoms with Gasteiger partial charge in [-0.2, -0.15) is 0 Å². The number of halogens is 2. The number of hydrogen-bond acceptors (Lipinski definition) is 11. The van der Waals surface area contributed by atoms with Gasteiger partial charge in [0.05, 0.1) is 30.7 Å². The summed E-state index contributed by atoms with van der Waals surface area (Å²) in [6.07, 6.45) is 2.97. The molecule has 3 aliphatic heterocycles. The molecule has 1 aromatic carbocycles. The van der Waals surface area contributed by atoms with Crippen molar-refractivity contribution in [2.75, 3.05) is 45.1 Å². The number of methoxy groups -OCH3 is 2. The number of allylic oxidation sites excluding steroid dienone is 3. The van der Waals surface area contributed by atoms with Crippen LogP contribution >= 0.6 is 27.5 Å². The van der Waals surface area contributed by atoms with Crippen LogP contribution < -0.4 is 20.3 Å². The summed E-state index contributed by atoms with van der Waals surface area (Å²) in [5.74, 6) is -1.74. The van der Waals surface area contributed by atoms with E-state index >= 15 is 0 Å². The van der Waals surface area contributed by atoms with E-state index in [-0.39, 0.29) is 41.4 Å². The van der Waals surface area contributed by atoms with E-state index in [0.717, 1.165) is 11.1 Å². The Morgan fingerprint density at radius 2 is 1.93 bits per heavy atom. The number of carbonyl (C=O) groups is 5. The highest BCUT2D eigenvalue weighted by atomic mass is 79.9. The van der Waals surface area contributed by atoms with E-state index in [1.165, 1.54) is 31.1 Å². The van der Waals surface area contributed by atoms with Crippen LogP contribution in [0.15, 0.2) is 35.9 Å². The van der Waals surface area contributed by atoms with Gasteiger partial charge in [-0.15, -0.1) is 0 Å². The van der Waals surface area contributed by atoms with E-state index in [9.17, 15) is 29.1 Å². The van der Waals surface area contributed by atoms with E-state index < -0.39 is 65.7 Å². The molecular formula is C40H56BrClN4O11. The molecule has 0 spiro atoms. The molecule has 0 radical (unpaired) electrons. The molecule has 15 nitrogen and oxygen atoms in total. The number of alkyl halides is 1. The maximum absolute atomic E-state index is 14.2. The summed E-state index contributed by atoms with van der Waals surface area (Å²) in [4.78, 5) is 68.1. The average Bonchev–Trinajstić information content (AvgIpc) is 3.87. The number of epoxide rings is 1. The Morgan fingerprint density at radius 3 is 2.60 bits per heavy atom. The van der Waals surface area contributed by atoms with Crippen molar-refractivity contribution >= 4 is 63.0 Å². The van der Waals surface area contributed by atoms with Crippen LogP contribution in [0.1, 0.15) is 71.8 Å². The number of carbonyl (C=O) groups excluding carboxylic acids is 5. The topological polar surface area (TPSA) is 186 Å². The van der Waals surface area contributed by atoms with Gasteiger partial charge in [-0.3, -0.25) is 19.7 Å². The van der Waals surface area contributed by atoms with Crippen LogP contribution in [0.3, 0.4) is 0 Å². The van der Waals surface area contributed by atoms with E-state index in [0.29, 0.717) is 43.7 Å². The Bertz CT molecular complexity index is 1730. The number of nitrogens with one attached hydrogen (secondary N) is 2. The van der Waals surface area contributed by atoms with Crippen LogP contribution in [-0.4, -0.2) is 122 Å². The number of rotatable bonds is 12. The third-order valence-corrected chi connectivity index (χ3v) is 11.9. The summed E-state index contributed by atoms with van der Waals surface area (Å²) in [5.41, 5.74) is -0.977. The molecule has 1 aromatic rings. The molecule has 0 unspecified atom stereocenters. The predicted molar refractivity (Wildman–Crippen MR) is 216 cm³/mol. The van der Waals surface area contributed by atoms with Gasteiger partial charge >= 0.3 is 12.1 Å². The lowest BCUT2D eigenvalue weighted by Crippen LogP contribution is -2.63. The number of nitrogens with zero attached hydrogens (tertiary/aromatic N) is 2. The van der Waals surface area contributed by atoms with Gasteiger partial charge in [-0.1, -0.05) is 64.7 Å². The lowest BCUT2D eigenvalue weighted by molar-refractivity contribution is -0.162. The molecule has 0 aromatic heterocycles. The van der Waals surface area contributed by atoms with Crippen LogP contribution in [0.5, 0.6) is 5.75 Å². The molecule has 3 aliphatic rings. The van der Waals surface area contributed by atoms with Gasteiger partial charge in [0.15, 0.2) is 5.72 Å². The molecular weight excluding hydrogens is 828 g/mol. The molecule has 57 heavy (non-hydrogen) atoms. The molecule has 2 fully saturated rings. The molecule has 4 rings (SSSR count). The van der Waals surface area contributed by atoms with Crippen LogP contribution in [-0.2, 0) is 44.5 Å². The number of unbranched alkanes of at least 4 members (excludes halogenated alkanes) is 2. The molecule has 17 heteroatoms. The van der Waals surface area contributed by atoms with Crippen molar-refractivity contribution in [1.29, 1.82) is 0 Å². The molecule has 0 aliphatic carbocycles. The monoisotopic (exact) mass is 882 g/mol. The average molecular weight is 884 g/mol. The first-order valence-electron chi connectivity index (χ1n) is 19.1.